The molecule has 10 nitrogen and oxygen atoms in total. The van der Waals surface area contributed by atoms with Gasteiger partial charge in [-0.3, -0.25) is 14.2 Å². The maximum Gasteiger partial charge on any atom is 0.224 e. The first-order valence-corrected chi connectivity index (χ1v) is 13.4. The van der Waals surface area contributed by atoms with Gasteiger partial charge in [0.2, 0.25) is 23.7 Å². The van der Waals surface area contributed by atoms with Gasteiger partial charge in [0.15, 0.2) is 5.65 Å². The van der Waals surface area contributed by atoms with Crippen LogP contribution in [0.2, 0.25) is 10.0 Å². The molecule has 1 aliphatic carbocycles. The molecule has 1 aliphatic heterocycles. The number of hydrogen-bond acceptors (Lipinski definition) is 7. The van der Waals surface area contributed by atoms with E-state index in [0.717, 1.165) is 12.8 Å². The molecule has 3 aromatic rings. The van der Waals surface area contributed by atoms with E-state index < -0.39 is 5.82 Å². The van der Waals surface area contributed by atoms with Crippen LogP contribution in [0.5, 0.6) is 0 Å². The van der Waals surface area contributed by atoms with Gasteiger partial charge in [-0.15, -0.1) is 0 Å². The maximum absolute atomic E-state index is 14.8. The molecule has 0 bridgehead atoms. The van der Waals surface area contributed by atoms with Crippen molar-refractivity contribution in [2.45, 2.75) is 57.5 Å². The lowest BCUT2D eigenvalue weighted by Crippen LogP contribution is -2.41. The molecule has 1 aromatic carbocycles. The molecule has 0 atom stereocenters. The molecule has 1 saturated carbocycles. The van der Waals surface area contributed by atoms with E-state index >= 15 is 0 Å². The van der Waals surface area contributed by atoms with Crippen molar-refractivity contribution in [2.24, 2.45) is 11.7 Å². The number of halogens is 3. The third-order valence-corrected chi connectivity index (χ3v) is 7.93. The Bertz CT molecular complexity index is 1340. The van der Waals surface area contributed by atoms with Crippen molar-refractivity contribution in [3.05, 3.63) is 34.2 Å². The third-order valence-electron chi connectivity index (χ3n) is 7.41. The molecule has 2 aromatic heterocycles. The van der Waals surface area contributed by atoms with Gasteiger partial charge in [0.25, 0.3) is 0 Å². The number of amides is 2. The topological polar surface area (TPSA) is 131 Å². The first-order valence-electron chi connectivity index (χ1n) is 12.7. The number of aromatic nitrogens is 4. The number of imidazole rings is 1. The standard InChI is InChI=1S/C25H29Cl2FN8O2/c1-13(37)35-8-6-16(7-9-35)31-24-30-12-20-23(34-24)36(17-4-2-14(3-5-17)22(29)38)25(32-20)33-21-18(27)10-15(26)11-19(21)28/h10-12,14,16-17H,2-9H2,1H3,(H2,29,38)(H,32,33)(H,30,31,34). The summed E-state index contributed by atoms with van der Waals surface area (Å²) in [5.74, 6) is -0.178. The second-order valence-corrected chi connectivity index (χ2v) is 10.8. The molecular weight excluding hydrogens is 534 g/mol. The summed E-state index contributed by atoms with van der Waals surface area (Å²) in [4.78, 5) is 39.1. The Morgan fingerprint density at radius 1 is 1.08 bits per heavy atom. The monoisotopic (exact) mass is 562 g/mol. The predicted molar refractivity (Wildman–Crippen MR) is 144 cm³/mol. The van der Waals surface area contributed by atoms with Gasteiger partial charge in [0, 0.05) is 43.0 Å². The molecule has 2 amide bonds. The molecule has 13 heteroatoms. The summed E-state index contributed by atoms with van der Waals surface area (Å²) < 4.78 is 16.7. The molecule has 1 saturated heterocycles. The van der Waals surface area contributed by atoms with E-state index in [0.29, 0.717) is 61.8 Å². The molecule has 0 unspecified atom stereocenters. The van der Waals surface area contributed by atoms with E-state index in [1.807, 2.05) is 9.47 Å². The van der Waals surface area contributed by atoms with E-state index in [2.05, 4.69) is 20.6 Å². The fourth-order valence-electron chi connectivity index (χ4n) is 5.31. The van der Waals surface area contributed by atoms with Crippen molar-refractivity contribution >= 4 is 63.8 Å². The molecule has 3 heterocycles. The number of nitrogens with two attached hydrogens (primary N) is 1. The van der Waals surface area contributed by atoms with Crippen molar-refractivity contribution < 1.29 is 14.0 Å². The van der Waals surface area contributed by atoms with Crippen LogP contribution >= 0.6 is 23.2 Å². The van der Waals surface area contributed by atoms with Gasteiger partial charge in [-0.1, -0.05) is 23.2 Å². The smallest absolute Gasteiger partial charge is 0.224 e. The predicted octanol–water partition coefficient (Wildman–Crippen LogP) is 4.66. The number of nitrogens with one attached hydrogen (secondary N) is 2. The highest BCUT2D eigenvalue weighted by Gasteiger charge is 2.30. The van der Waals surface area contributed by atoms with Crippen LogP contribution in [0.15, 0.2) is 18.3 Å². The van der Waals surface area contributed by atoms with E-state index in [9.17, 15) is 14.0 Å². The Morgan fingerprint density at radius 3 is 2.42 bits per heavy atom. The second kappa shape index (κ2) is 10.9. The third kappa shape index (κ3) is 5.49. The van der Waals surface area contributed by atoms with Crippen LogP contribution in [0.3, 0.4) is 0 Å². The molecule has 4 N–H and O–H groups in total. The first kappa shape index (κ1) is 26.4. The number of fused-ring (bicyclic) bond motifs is 1. The van der Waals surface area contributed by atoms with Gasteiger partial charge in [-0.05, 0) is 50.7 Å². The van der Waals surface area contributed by atoms with Crippen LogP contribution in [0.4, 0.5) is 22.0 Å². The Labute approximate surface area is 229 Å². The van der Waals surface area contributed by atoms with Crippen molar-refractivity contribution in [2.75, 3.05) is 23.7 Å². The molecular formula is C25H29Cl2FN8O2. The van der Waals surface area contributed by atoms with Crippen LogP contribution in [-0.4, -0.2) is 55.4 Å². The Hall–Kier alpha value is -3.18. The zero-order valence-corrected chi connectivity index (χ0v) is 22.4. The summed E-state index contributed by atoms with van der Waals surface area (Å²) in [6.45, 7) is 2.94. The summed E-state index contributed by atoms with van der Waals surface area (Å²) in [7, 11) is 0. The summed E-state index contributed by atoms with van der Waals surface area (Å²) in [6, 6.07) is 2.72. The normalized spacial score (nSPS) is 20.5. The average Bonchev–Trinajstić information content (AvgIpc) is 3.24. The second-order valence-electron chi connectivity index (χ2n) is 9.91. The number of piperidine rings is 1. The molecule has 5 rings (SSSR count). The fraction of sp³-hybridized carbons (Fsp3) is 0.480. The molecule has 2 fully saturated rings. The summed E-state index contributed by atoms with van der Waals surface area (Å²) in [5.41, 5.74) is 6.72. The van der Waals surface area contributed by atoms with Crippen molar-refractivity contribution in [3.63, 3.8) is 0 Å². The van der Waals surface area contributed by atoms with Gasteiger partial charge < -0.3 is 21.3 Å². The van der Waals surface area contributed by atoms with Crippen LogP contribution in [-0.2, 0) is 9.59 Å². The summed E-state index contributed by atoms with van der Waals surface area (Å²) in [5, 5.41) is 6.74. The van der Waals surface area contributed by atoms with Gasteiger partial charge in [-0.25, -0.2) is 14.4 Å². The van der Waals surface area contributed by atoms with Crippen molar-refractivity contribution in [1.29, 1.82) is 0 Å². The lowest BCUT2D eigenvalue weighted by atomic mass is 9.85. The van der Waals surface area contributed by atoms with Crippen LogP contribution in [0.25, 0.3) is 11.2 Å². The number of anilines is 3. The number of likely N-dealkylation sites (tertiary alicyclic amines) is 1. The minimum absolute atomic E-state index is 0.0474. The molecule has 202 valence electrons. The quantitative estimate of drug-likeness (QED) is 0.398. The van der Waals surface area contributed by atoms with Crippen molar-refractivity contribution in [3.8, 4) is 0 Å². The highest BCUT2D eigenvalue weighted by Crippen LogP contribution is 2.38. The maximum atomic E-state index is 14.8. The zero-order valence-electron chi connectivity index (χ0n) is 20.9. The lowest BCUT2D eigenvalue weighted by Gasteiger charge is -2.31. The molecule has 0 spiro atoms. The van der Waals surface area contributed by atoms with Gasteiger partial charge in [0.1, 0.15) is 11.3 Å². The van der Waals surface area contributed by atoms with Crippen molar-refractivity contribution in [1.82, 2.24) is 24.4 Å². The molecule has 2 aliphatic rings. The number of primary amides is 1. The number of carbonyl (C=O) groups excluding carboxylic acids is 2. The van der Waals surface area contributed by atoms with E-state index in [-0.39, 0.29) is 45.5 Å². The highest BCUT2D eigenvalue weighted by atomic mass is 35.5. The largest absolute Gasteiger partial charge is 0.369 e. The minimum atomic E-state index is -0.608. The van der Waals surface area contributed by atoms with E-state index in [1.54, 1.807) is 13.1 Å². The number of carbonyl (C=O) groups is 2. The number of nitrogens with zero attached hydrogens (tertiary/aromatic N) is 5. The number of rotatable bonds is 6. The minimum Gasteiger partial charge on any atom is -0.369 e. The SMILES string of the molecule is CC(=O)N1CCC(Nc2ncc3nc(Nc4c(F)cc(Cl)cc4Cl)n(C4CCC(C(N)=O)CC4)c3n2)CC1. The average molecular weight is 563 g/mol. The molecule has 0 radical (unpaired) electrons. The van der Waals surface area contributed by atoms with Gasteiger partial charge >= 0.3 is 0 Å². The van der Waals surface area contributed by atoms with Gasteiger partial charge in [0.05, 0.1) is 16.9 Å². The Morgan fingerprint density at radius 2 is 1.79 bits per heavy atom. The Kier molecular flexibility index (Phi) is 7.58. The van der Waals surface area contributed by atoms with E-state index in [4.69, 9.17) is 33.9 Å². The zero-order chi connectivity index (χ0) is 27.0. The van der Waals surface area contributed by atoms with E-state index in [1.165, 1.54) is 12.1 Å². The summed E-state index contributed by atoms with van der Waals surface area (Å²) >= 11 is 12.2. The van der Waals surface area contributed by atoms with Crippen LogP contribution in [0, 0.1) is 11.7 Å². The Balaban J connectivity index is 1.47. The van der Waals surface area contributed by atoms with Gasteiger partial charge in [-0.2, -0.15) is 4.98 Å². The number of hydrogen-bond donors (Lipinski definition) is 3. The lowest BCUT2D eigenvalue weighted by molar-refractivity contribution is -0.129. The van der Waals surface area contributed by atoms with Crippen LogP contribution in [0.1, 0.15) is 51.5 Å². The highest BCUT2D eigenvalue weighted by molar-refractivity contribution is 6.36. The summed E-state index contributed by atoms with van der Waals surface area (Å²) in [6.07, 6.45) is 5.85. The first-order chi connectivity index (χ1) is 18.2. The molecule has 38 heavy (non-hydrogen) atoms. The fourth-order valence-corrected chi connectivity index (χ4v) is 5.82. The number of benzene rings is 1. The van der Waals surface area contributed by atoms with Crippen LogP contribution < -0.4 is 16.4 Å².